The van der Waals surface area contributed by atoms with Gasteiger partial charge in [-0.15, -0.1) is 0 Å². The molecule has 1 N–H and O–H groups in total. The molecule has 1 unspecified atom stereocenters. The van der Waals surface area contributed by atoms with Crippen molar-refractivity contribution >= 4 is 11.9 Å². The second-order valence-corrected chi connectivity index (χ2v) is 7.83. The Morgan fingerprint density at radius 3 is 2.50 bits per heavy atom. The highest BCUT2D eigenvalue weighted by molar-refractivity contribution is 5.82. The van der Waals surface area contributed by atoms with Crippen LogP contribution in [0.4, 0.5) is 0 Å². The van der Waals surface area contributed by atoms with E-state index in [4.69, 9.17) is 0 Å². The van der Waals surface area contributed by atoms with Gasteiger partial charge in [0.15, 0.2) is 5.96 Å². The highest BCUT2D eigenvalue weighted by Crippen LogP contribution is 2.14. The van der Waals surface area contributed by atoms with Crippen LogP contribution in [-0.4, -0.2) is 95.2 Å². The minimum Gasteiger partial charge on any atom is -0.356 e. The molecule has 0 spiro atoms. The Balaban J connectivity index is 1.39. The van der Waals surface area contributed by atoms with Gasteiger partial charge in [-0.3, -0.25) is 19.4 Å². The Bertz CT molecular complexity index is 657. The topological polar surface area (TPSA) is 69.0 Å². The first-order chi connectivity index (χ1) is 13.6. The quantitative estimate of drug-likeness (QED) is 0.437. The van der Waals surface area contributed by atoms with Crippen LogP contribution < -0.4 is 5.32 Å². The zero-order valence-electron chi connectivity index (χ0n) is 17.6. The van der Waals surface area contributed by atoms with E-state index in [0.29, 0.717) is 5.91 Å². The molecule has 1 atom stereocenters. The molecule has 3 heterocycles. The Morgan fingerprint density at radius 2 is 1.89 bits per heavy atom. The standard InChI is InChI=1S/C20H35N7O/c1-17(19(28)26-9-4-5-10-26)25-11-13-27(14-12-25)20(21-2)22-8-6-7-18-15-23-24(3)16-18/h15-17H,4-14H2,1-3H3,(H,21,22). The van der Waals surface area contributed by atoms with Gasteiger partial charge in [-0.2, -0.15) is 5.10 Å². The van der Waals surface area contributed by atoms with Gasteiger partial charge in [0.25, 0.3) is 0 Å². The van der Waals surface area contributed by atoms with Crippen LogP contribution in [-0.2, 0) is 18.3 Å². The number of aromatic nitrogens is 2. The molecule has 1 aromatic heterocycles. The predicted octanol–water partition coefficient (Wildman–Crippen LogP) is 0.557. The van der Waals surface area contributed by atoms with Gasteiger partial charge in [0.2, 0.25) is 5.91 Å². The van der Waals surface area contributed by atoms with E-state index in [9.17, 15) is 4.79 Å². The number of guanidine groups is 1. The molecule has 2 fully saturated rings. The maximum Gasteiger partial charge on any atom is 0.239 e. The fourth-order valence-electron chi connectivity index (χ4n) is 4.10. The molecule has 2 aliphatic heterocycles. The minimum absolute atomic E-state index is 0.0188. The van der Waals surface area contributed by atoms with Crippen molar-refractivity contribution in [3.63, 3.8) is 0 Å². The molecule has 2 saturated heterocycles. The van der Waals surface area contributed by atoms with Crippen molar-refractivity contribution in [3.05, 3.63) is 18.0 Å². The van der Waals surface area contributed by atoms with E-state index in [1.54, 1.807) is 0 Å². The summed E-state index contributed by atoms with van der Waals surface area (Å²) in [6.45, 7) is 8.42. The number of rotatable bonds is 6. The van der Waals surface area contributed by atoms with Crippen molar-refractivity contribution in [1.82, 2.24) is 29.8 Å². The number of piperazine rings is 1. The van der Waals surface area contributed by atoms with E-state index in [-0.39, 0.29) is 6.04 Å². The highest BCUT2D eigenvalue weighted by Gasteiger charge is 2.30. The second kappa shape index (κ2) is 9.91. The summed E-state index contributed by atoms with van der Waals surface area (Å²) >= 11 is 0. The zero-order chi connectivity index (χ0) is 19.9. The molecule has 0 saturated carbocycles. The maximum atomic E-state index is 12.6. The average molecular weight is 390 g/mol. The first-order valence-corrected chi connectivity index (χ1v) is 10.5. The number of hydrogen-bond acceptors (Lipinski definition) is 4. The van der Waals surface area contributed by atoms with Gasteiger partial charge < -0.3 is 15.1 Å². The van der Waals surface area contributed by atoms with Crippen molar-refractivity contribution in [2.45, 2.75) is 38.6 Å². The van der Waals surface area contributed by atoms with Gasteiger partial charge >= 0.3 is 0 Å². The molecule has 1 aromatic rings. The molecule has 8 heteroatoms. The van der Waals surface area contributed by atoms with Crippen molar-refractivity contribution in [3.8, 4) is 0 Å². The number of nitrogens with zero attached hydrogens (tertiary/aromatic N) is 6. The van der Waals surface area contributed by atoms with Crippen LogP contribution in [0.3, 0.4) is 0 Å². The van der Waals surface area contributed by atoms with Gasteiger partial charge in [-0.1, -0.05) is 0 Å². The van der Waals surface area contributed by atoms with E-state index in [1.807, 2.05) is 29.9 Å². The van der Waals surface area contributed by atoms with E-state index < -0.39 is 0 Å². The number of carbonyl (C=O) groups excluding carboxylic acids is 1. The van der Waals surface area contributed by atoms with Crippen molar-refractivity contribution < 1.29 is 4.79 Å². The van der Waals surface area contributed by atoms with Gasteiger partial charge in [-0.25, -0.2) is 0 Å². The van der Waals surface area contributed by atoms with Gasteiger partial charge in [-0.05, 0) is 38.2 Å². The second-order valence-electron chi connectivity index (χ2n) is 7.83. The number of likely N-dealkylation sites (tertiary alicyclic amines) is 1. The number of aryl methyl sites for hydroxylation is 2. The molecule has 0 aliphatic carbocycles. The number of hydrogen-bond donors (Lipinski definition) is 1. The Labute approximate surface area is 168 Å². The van der Waals surface area contributed by atoms with Crippen molar-refractivity contribution in [2.75, 3.05) is 52.9 Å². The molecule has 1 amide bonds. The lowest BCUT2D eigenvalue weighted by atomic mass is 10.2. The van der Waals surface area contributed by atoms with E-state index >= 15 is 0 Å². The normalized spacial score (nSPS) is 19.9. The maximum absolute atomic E-state index is 12.6. The molecule has 8 nitrogen and oxygen atoms in total. The third-order valence-corrected chi connectivity index (χ3v) is 5.83. The first kappa shape index (κ1) is 20.6. The monoisotopic (exact) mass is 389 g/mol. The SMILES string of the molecule is CN=C(NCCCc1cnn(C)c1)N1CCN(C(C)C(=O)N2CCCC2)CC1. The number of aliphatic imine (C=N–C) groups is 1. The van der Waals surface area contributed by atoms with Crippen LogP contribution >= 0.6 is 0 Å². The van der Waals surface area contributed by atoms with Crippen LogP contribution in [0.2, 0.25) is 0 Å². The van der Waals surface area contributed by atoms with E-state index in [0.717, 1.165) is 77.5 Å². The summed E-state index contributed by atoms with van der Waals surface area (Å²) in [7, 11) is 3.79. The molecule has 2 aliphatic rings. The summed E-state index contributed by atoms with van der Waals surface area (Å²) in [5, 5.41) is 7.69. The van der Waals surface area contributed by atoms with Crippen LogP contribution in [0, 0.1) is 0 Å². The fraction of sp³-hybridized carbons (Fsp3) is 0.750. The minimum atomic E-state index is -0.0188. The third kappa shape index (κ3) is 5.25. The smallest absolute Gasteiger partial charge is 0.239 e. The lowest BCUT2D eigenvalue weighted by molar-refractivity contribution is -0.135. The summed E-state index contributed by atoms with van der Waals surface area (Å²) < 4.78 is 1.84. The van der Waals surface area contributed by atoms with Gasteiger partial charge in [0, 0.05) is 66.1 Å². The molecule has 0 bridgehead atoms. The average Bonchev–Trinajstić information content (AvgIpc) is 3.39. The molecule has 3 rings (SSSR count). The molecule has 28 heavy (non-hydrogen) atoms. The highest BCUT2D eigenvalue weighted by atomic mass is 16.2. The molecule has 0 aromatic carbocycles. The fourth-order valence-corrected chi connectivity index (χ4v) is 4.10. The van der Waals surface area contributed by atoms with Crippen LogP contribution in [0.25, 0.3) is 0 Å². The lowest BCUT2D eigenvalue weighted by Gasteiger charge is -2.39. The summed E-state index contributed by atoms with van der Waals surface area (Å²) in [6.07, 6.45) is 8.36. The number of nitrogens with one attached hydrogen (secondary N) is 1. The molecule has 156 valence electrons. The molecule has 0 radical (unpaired) electrons. The van der Waals surface area contributed by atoms with Crippen molar-refractivity contribution in [2.24, 2.45) is 12.0 Å². The lowest BCUT2D eigenvalue weighted by Crippen LogP contribution is -2.57. The van der Waals surface area contributed by atoms with Crippen LogP contribution in [0.1, 0.15) is 31.7 Å². The Kier molecular flexibility index (Phi) is 7.30. The summed E-state index contributed by atoms with van der Waals surface area (Å²) in [5.41, 5.74) is 1.27. The van der Waals surface area contributed by atoms with Crippen LogP contribution in [0.5, 0.6) is 0 Å². The van der Waals surface area contributed by atoms with Gasteiger partial charge in [0.1, 0.15) is 0 Å². The largest absolute Gasteiger partial charge is 0.356 e. The zero-order valence-corrected chi connectivity index (χ0v) is 17.6. The van der Waals surface area contributed by atoms with Crippen molar-refractivity contribution in [1.29, 1.82) is 0 Å². The van der Waals surface area contributed by atoms with Crippen LogP contribution in [0.15, 0.2) is 17.4 Å². The third-order valence-electron chi connectivity index (χ3n) is 5.83. The molecular weight excluding hydrogens is 354 g/mol. The number of amides is 1. The Hall–Kier alpha value is -2.09. The van der Waals surface area contributed by atoms with E-state index in [1.165, 1.54) is 5.56 Å². The van der Waals surface area contributed by atoms with Gasteiger partial charge in [0.05, 0.1) is 12.2 Å². The molecular formula is C20H35N7O. The number of carbonyl (C=O) groups is 1. The predicted molar refractivity (Wildman–Crippen MR) is 111 cm³/mol. The Morgan fingerprint density at radius 1 is 1.18 bits per heavy atom. The summed E-state index contributed by atoms with van der Waals surface area (Å²) in [6, 6.07) is -0.0188. The summed E-state index contributed by atoms with van der Waals surface area (Å²) in [5.74, 6) is 1.26. The first-order valence-electron chi connectivity index (χ1n) is 10.5. The van der Waals surface area contributed by atoms with E-state index in [2.05, 4.69) is 38.3 Å². The summed E-state index contributed by atoms with van der Waals surface area (Å²) in [4.78, 5) is 23.7.